The molecule has 0 saturated carbocycles. The van der Waals surface area contributed by atoms with Crippen LogP contribution < -0.4 is 10.0 Å². The number of rotatable bonds is 3. The molecule has 0 aromatic heterocycles. The first-order chi connectivity index (χ1) is 8.47. The summed E-state index contributed by atoms with van der Waals surface area (Å²) in [5.74, 6) is 1.18. The van der Waals surface area contributed by atoms with E-state index in [0.717, 1.165) is 32.4 Å². The SMILES string of the molecule is CC1CCN(S(=O)(=O)NC2CNCC(C)C2)CC1. The van der Waals surface area contributed by atoms with Crippen molar-refractivity contribution in [2.75, 3.05) is 26.2 Å². The fraction of sp³-hybridized carbons (Fsp3) is 1.00. The van der Waals surface area contributed by atoms with E-state index in [1.54, 1.807) is 4.31 Å². The predicted octanol–water partition coefficient (Wildman–Crippen LogP) is 0.551. The number of nitrogens with one attached hydrogen (secondary N) is 2. The highest BCUT2D eigenvalue weighted by Crippen LogP contribution is 2.19. The van der Waals surface area contributed by atoms with Crippen molar-refractivity contribution in [1.29, 1.82) is 0 Å². The van der Waals surface area contributed by atoms with Crippen LogP contribution in [-0.2, 0) is 10.2 Å². The lowest BCUT2D eigenvalue weighted by Crippen LogP contribution is -2.53. The first-order valence-corrected chi connectivity index (χ1v) is 8.39. The maximum Gasteiger partial charge on any atom is 0.279 e. The third-order valence-electron chi connectivity index (χ3n) is 3.97. The van der Waals surface area contributed by atoms with Gasteiger partial charge in [-0.15, -0.1) is 0 Å². The van der Waals surface area contributed by atoms with Crippen molar-refractivity contribution in [3.05, 3.63) is 0 Å². The fourth-order valence-corrected chi connectivity index (χ4v) is 4.20. The molecule has 106 valence electrons. The van der Waals surface area contributed by atoms with E-state index in [1.807, 2.05) is 0 Å². The van der Waals surface area contributed by atoms with E-state index in [2.05, 4.69) is 23.9 Å². The average Bonchev–Trinajstić information content (AvgIpc) is 2.29. The highest BCUT2D eigenvalue weighted by molar-refractivity contribution is 7.87. The Kier molecular flexibility index (Phi) is 4.64. The zero-order chi connectivity index (χ0) is 13.2. The molecule has 2 fully saturated rings. The van der Waals surface area contributed by atoms with Crippen LogP contribution in [0.25, 0.3) is 0 Å². The van der Waals surface area contributed by atoms with Crippen molar-refractivity contribution < 1.29 is 8.42 Å². The summed E-state index contributed by atoms with van der Waals surface area (Å²) in [6, 6.07) is 0.0399. The van der Waals surface area contributed by atoms with Gasteiger partial charge in [0.15, 0.2) is 0 Å². The van der Waals surface area contributed by atoms with Crippen molar-refractivity contribution in [2.24, 2.45) is 11.8 Å². The summed E-state index contributed by atoms with van der Waals surface area (Å²) in [6.07, 6.45) is 2.87. The molecule has 2 rings (SSSR count). The second-order valence-electron chi connectivity index (χ2n) is 5.90. The molecule has 2 unspecified atom stereocenters. The Morgan fingerprint density at radius 2 is 1.78 bits per heavy atom. The minimum Gasteiger partial charge on any atom is -0.315 e. The summed E-state index contributed by atoms with van der Waals surface area (Å²) in [4.78, 5) is 0. The molecule has 18 heavy (non-hydrogen) atoms. The Labute approximate surface area is 110 Å². The lowest BCUT2D eigenvalue weighted by atomic mass is 9.99. The van der Waals surface area contributed by atoms with Crippen LogP contribution in [0.4, 0.5) is 0 Å². The van der Waals surface area contributed by atoms with Gasteiger partial charge in [0.2, 0.25) is 0 Å². The molecule has 2 saturated heterocycles. The van der Waals surface area contributed by atoms with Crippen LogP contribution in [0.3, 0.4) is 0 Å². The quantitative estimate of drug-likeness (QED) is 0.791. The van der Waals surface area contributed by atoms with Gasteiger partial charge in [-0.25, -0.2) is 0 Å². The molecule has 2 N–H and O–H groups in total. The molecule has 0 amide bonds. The molecule has 2 heterocycles. The molecule has 2 aliphatic rings. The largest absolute Gasteiger partial charge is 0.315 e. The van der Waals surface area contributed by atoms with Gasteiger partial charge in [0.1, 0.15) is 0 Å². The van der Waals surface area contributed by atoms with Gasteiger partial charge < -0.3 is 5.32 Å². The molecule has 5 nitrogen and oxygen atoms in total. The van der Waals surface area contributed by atoms with Crippen LogP contribution in [0.5, 0.6) is 0 Å². The van der Waals surface area contributed by atoms with Gasteiger partial charge in [-0.2, -0.15) is 17.4 Å². The predicted molar refractivity (Wildman–Crippen MR) is 72.5 cm³/mol. The smallest absolute Gasteiger partial charge is 0.279 e. The van der Waals surface area contributed by atoms with Crippen LogP contribution in [0, 0.1) is 11.8 Å². The van der Waals surface area contributed by atoms with Crippen molar-refractivity contribution in [3.8, 4) is 0 Å². The van der Waals surface area contributed by atoms with Crippen LogP contribution in [0.1, 0.15) is 33.1 Å². The van der Waals surface area contributed by atoms with E-state index in [1.165, 1.54) is 0 Å². The zero-order valence-electron chi connectivity index (χ0n) is 11.4. The van der Waals surface area contributed by atoms with Gasteiger partial charge in [0.25, 0.3) is 10.2 Å². The van der Waals surface area contributed by atoms with Gasteiger partial charge in [-0.05, 0) is 37.6 Å². The van der Waals surface area contributed by atoms with Gasteiger partial charge in [-0.3, -0.25) is 0 Å². The van der Waals surface area contributed by atoms with Crippen molar-refractivity contribution in [2.45, 2.75) is 39.2 Å². The van der Waals surface area contributed by atoms with Crippen LogP contribution in [-0.4, -0.2) is 44.9 Å². The summed E-state index contributed by atoms with van der Waals surface area (Å²) >= 11 is 0. The number of hydrogen-bond acceptors (Lipinski definition) is 3. The minimum atomic E-state index is -3.29. The van der Waals surface area contributed by atoms with Gasteiger partial charge in [0.05, 0.1) is 0 Å². The Balaban J connectivity index is 1.90. The van der Waals surface area contributed by atoms with Gasteiger partial charge in [-0.1, -0.05) is 13.8 Å². The summed E-state index contributed by atoms with van der Waals surface area (Å²) in [7, 11) is -3.29. The second-order valence-corrected chi connectivity index (χ2v) is 7.60. The summed E-state index contributed by atoms with van der Waals surface area (Å²) in [5, 5.41) is 3.27. The third-order valence-corrected chi connectivity index (χ3v) is 5.64. The summed E-state index contributed by atoms with van der Waals surface area (Å²) < 4.78 is 29.0. The molecule has 0 aromatic carbocycles. The van der Waals surface area contributed by atoms with Crippen LogP contribution in [0.15, 0.2) is 0 Å². The molecule has 0 bridgehead atoms. The van der Waals surface area contributed by atoms with Gasteiger partial charge in [0, 0.05) is 25.7 Å². The van der Waals surface area contributed by atoms with E-state index in [4.69, 9.17) is 0 Å². The van der Waals surface area contributed by atoms with Crippen LogP contribution >= 0.6 is 0 Å². The highest BCUT2D eigenvalue weighted by Gasteiger charge is 2.30. The van der Waals surface area contributed by atoms with Crippen molar-refractivity contribution >= 4 is 10.2 Å². The normalized spacial score (nSPS) is 32.6. The average molecular weight is 275 g/mol. The topological polar surface area (TPSA) is 61.4 Å². The molecule has 6 heteroatoms. The molecular formula is C12H25N3O2S. The molecule has 0 spiro atoms. The van der Waals surface area contributed by atoms with E-state index in [0.29, 0.717) is 24.9 Å². The molecule has 2 aliphatic heterocycles. The maximum absolute atomic E-state index is 12.3. The zero-order valence-corrected chi connectivity index (χ0v) is 12.2. The second kappa shape index (κ2) is 5.86. The fourth-order valence-electron chi connectivity index (χ4n) is 2.76. The van der Waals surface area contributed by atoms with Gasteiger partial charge >= 0.3 is 0 Å². The van der Waals surface area contributed by atoms with E-state index < -0.39 is 10.2 Å². The Morgan fingerprint density at radius 3 is 2.39 bits per heavy atom. The van der Waals surface area contributed by atoms with Crippen molar-refractivity contribution in [1.82, 2.24) is 14.3 Å². The number of nitrogens with zero attached hydrogens (tertiary/aromatic N) is 1. The third kappa shape index (κ3) is 3.66. The summed E-state index contributed by atoms with van der Waals surface area (Å²) in [6.45, 7) is 7.38. The van der Waals surface area contributed by atoms with E-state index >= 15 is 0 Å². The Morgan fingerprint density at radius 1 is 1.11 bits per heavy atom. The molecule has 0 radical (unpaired) electrons. The number of piperidine rings is 2. The van der Waals surface area contributed by atoms with Crippen molar-refractivity contribution in [3.63, 3.8) is 0 Å². The highest BCUT2D eigenvalue weighted by atomic mass is 32.2. The van der Waals surface area contributed by atoms with Crippen LogP contribution in [0.2, 0.25) is 0 Å². The van der Waals surface area contributed by atoms with E-state index in [-0.39, 0.29) is 6.04 Å². The molecular weight excluding hydrogens is 250 g/mol. The molecule has 0 aromatic rings. The summed E-state index contributed by atoms with van der Waals surface area (Å²) in [5.41, 5.74) is 0. The molecule has 2 atom stereocenters. The lowest BCUT2D eigenvalue weighted by Gasteiger charge is -2.33. The maximum atomic E-state index is 12.3. The van der Waals surface area contributed by atoms with E-state index in [9.17, 15) is 8.42 Å². The lowest BCUT2D eigenvalue weighted by molar-refractivity contribution is 0.277. The minimum absolute atomic E-state index is 0.0399. The number of hydrogen-bond donors (Lipinski definition) is 2. The first kappa shape index (κ1) is 14.2. The standard InChI is InChI=1S/C12H25N3O2S/c1-10-3-5-15(6-4-10)18(16,17)14-12-7-11(2)8-13-9-12/h10-14H,3-9H2,1-2H3. The monoisotopic (exact) mass is 275 g/mol. The Hall–Kier alpha value is -0.170. The first-order valence-electron chi connectivity index (χ1n) is 6.95. The Bertz CT molecular complexity index is 364. The molecule has 0 aliphatic carbocycles.